The SMILES string of the molecule is CN(C)CCN(C1CCc2cc(/C=C/C(=O)NO)ccc21)[C@@H](Cc1c[nH]c2ccccc12)C(N)=O. The number of benzene rings is 2. The van der Waals surface area contributed by atoms with Crippen molar-refractivity contribution in [1.29, 1.82) is 0 Å². The van der Waals surface area contributed by atoms with Crippen molar-refractivity contribution in [2.45, 2.75) is 31.3 Å². The quantitative estimate of drug-likeness (QED) is 0.204. The molecule has 4 rings (SSSR count). The first kappa shape index (κ1) is 24.7. The van der Waals surface area contributed by atoms with E-state index in [0.29, 0.717) is 13.0 Å². The Balaban J connectivity index is 1.64. The van der Waals surface area contributed by atoms with E-state index >= 15 is 0 Å². The van der Waals surface area contributed by atoms with Gasteiger partial charge in [-0.05, 0) is 67.8 Å². The molecule has 0 saturated carbocycles. The number of hydroxylamine groups is 1. The fourth-order valence-electron chi connectivity index (χ4n) is 5.01. The number of aromatic amines is 1. The van der Waals surface area contributed by atoms with Crippen molar-refractivity contribution in [1.82, 2.24) is 20.3 Å². The predicted molar refractivity (Wildman–Crippen MR) is 137 cm³/mol. The molecular weight excluding hydrogens is 442 g/mol. The summed E-state index contributed by atoms with van der Waals surface area (Å²) in [5, 5.41) is 9.81. The van der Waals surface area contributed by atoms with Crippen LogP contribution in [0.25, 0.3) is 17.0 Å². The van der Waals surface area contributed by atoms with Gasteiger partial charge >= 0.3 is 0 Å². The standard InChI is InChI=1S/C27H33N5O3/c1-31(2)13-14-32(25(27(28)34)16-20-17-29-23-6-4-3-5-21(20)23)24-11-9-19-15-18(7-10-22(19)24)8-12-26(33)30-35/h3-8,10,12,15,17,24-25,29,35H,9,11,13-14,16H2,1-2H3,(H2,28,34)(H,30,33)/b12-8+/t24?,25-/m0/s1. The highest BCUT2D eigenvalue weighted by molar-refractivity contribution is 5.90. The second-order valence-electron chi connectivity index (χ2n) is 9.35. The summed E-state index contributed by atoms with van der Waals surface area (Å²) in [6.45, 7) is 1.52. The van der Waals surface area contributed by atoms with Gasteiger partial charge in [-0.25, -0.2) is 5.48 Å². The number of hydrogen-bond acceptors (Lipinski definition) is 5. The highest BCUT2D eigenvalue weighted by atomic mass is 16.5. The molecule has 1 aliphatic carbocycles. The van der Waals surface area contributed by atoms with E-state index in [1.54, 1.807) is 11.6 Å². The van der Waals surface area contributed by atoms with E-state index in [-0.39, 0.29) is 11.9 Å². The summed E-state index contributed by atoms with van der Waals surface area (Å²) in [6.07, 6.45) is 7.26. The Morgan fingerprint density at radius 3 is 2.77 bits per heavy atom. The van der Waals surface area contributed by atoms with Gasteiger partial charge in [-0.3, -0.25) is 19.7 Å². The molecule has 0 spiro atoms. The van der Waals surface area contributed by atoms with Crippen LogP contribution in [0.5, 0.6) is 0 Å². The number of primary amides is 1. The molecule has 0 bridgehead atoms. The number of carbonyl (C=O) groups is 2. The van der Waals surface area contributed by atoms with Gasteiger partial charge in [0.05, 0.1) is 6.04 Å². The van der Waals surface area contributed by atoms with E-state index in [4.69, 9.17) is 10.9 Å². The lowest BCUT2D eigenvalue weighted by molar-refractivity contribution is -0.125. The number of carbonyl (C=O) groups excluding carboxylic acids is 2. The maximum atomic E-state index is 12.8. The lowest BCUT2D eigenvalue weighted by Gasteiger charge is -2.36. The van der Waals surface area contributed by atoms with E-state index in [1.165, 1.54) is 17.2 Å². The Bertz CT molecular complexity index is 1230. The number of H-pyrrole nitrogens is 1. The lowest BCUT2D eigenvalue weighted by Crippen LogP contribution is -2.49. The number of nitrogens with zero attached hydrogens (tertiary/aromatic N) is 2. The minimum atomic E-state index is -0.570. The number of nitrogens with one attached hydrogen (secondary N) is 2. The third-order valence-corrected chi connectivity index (χ3v) is 6.77. The number of rotatable bonds is 10. The van der Waals surface area contributed by atoms with Gasteiger partial charge in [0.1, 0.15) is 0 Å². The van der Waals surface area contributed by atoms with Crippen molar-refractivity contribution in [3.63, 3.8) is 0 Å². The number of nitrogens with two attached hydrogens (primary N) is 1. The van der Waals surface area contributed by atoms with E-state index in [2.05, 4.69) is 33.0 Å². The van der Waals surface area contributed by atoms with Crippen LogP contribution in [0.1, 0.15) is 34.7 Å². The van der Waals surface area contributed by atoms with Gasteiger partial charge in [-0.1, -0.05) is 36.4 Å². The molecule has 1 aliphatic rings. The number of amides is 2. The molecule has 2 amide bonds. The first-order valence-corrected chi connectivity index (χ1v) is 11.9. The van der Waals surface area contributed by atoms with Gasteiger partial charge in [0.15, 0.2) is 0 Å². The second kappa shape index (κ2) is 10.9. The number of para-hydroxylation sites is 1. The maximum Gasteiger partial charge on any atom is 0.267 e. The number of aryl methyl sites for hydroxylation is 1. The van der Waals surface area contributed by atoms with Gasteiger partial charge in [0.25, 0.3) is 5.91 Å². The van der Waals surface area contributed by atoms with Crippen LogP contribution in [0.4, 0.5) is 0 Å². The normalized spacial score (nSPS) is 16.3. The van der Waals surface area contributed by atoms with Crippen LogP contribution in [0, 0.1) is 0 Å². The molecule has 2 atom stereocenters. The molecule has 8 nitrogen and oxygen atoms in total. The van der Waals surface area contributed by atoms with Crippen LogP contribution in [0.3, 0.4) is 0 Å². The van der Waals surface area contributed by atoms with Crippen LogP contribution in [0.2, 0.25) is 0 Å². The predicted octanol–water partition coefficient (Wildman–Crippen LogP) is 2.63. The van der Waals surface area contributed by atoms with Crippen molar-refractivity contribution in [3.8, 4) is 0 Å². The summed E-state index contributed by atoms with van der Waals surface area (Å²) in [4.78, 5) is 31.9. The summed E-state index contributed by atoms with van der Waals surface area (Å²) < 4.78 is 0. The van der Waals surface area contributed by atoms with Crippen LogP contribution < -0.4 is 11.2 Å². The van der Waals surface area contributed by atoms with Gasteiger partial charge in [0.2, 0.25) is 5.91 Å². The van der Waals surface area contributed by atoms with E-state index in [1.807, 2.05) is 44.6 Å². The Kier molecular flexibility index (Phi) is 7.65. The maximum absolute atomic E-state index is 12.8. The summed E-state index contributed by atoms with van der Waals surface area (Å²) >= 11 is 0. The number of fused-ring (bicyclic) bond motifs is 2. The average molecular weight is 476 g/mol. The van der Waals surface area contributed by atoms with Crippen LogP contribution >= 0.6 is 0 Å². The molecule has 3 aromatic rings. The fourth-order valence-corrected chi connectivity index (χ4v) is 5.01. The summed E-state index contributed by atoms with van der Waals surface area (Å²) in [6, 6.07) is 13.8. The van der Waals surface area contributed by atoms with E-state index in [0.717, 1.165) is 41.4 Å². The Morgan fingerprint density at radius 2 is 2.03 bits per heavy atom. The van der Waals surface area contributed by atoms with Gasteiger partial charge < -0.3 is 15.6 Å². The molecule has 35 heavy (non-hydrogen) atoms. The molecule has 0 radical (unpaired) electrons. The Labute approximate surface area is 205 Å². The van der Waals surface area contributed by atoms with Crippen LogP contribution in [-0.2, 0) is 22.4 Å². The van der Waals surface area contributed by atoms with Gasteiger partial charge in [-0.2, -0.15) is 0 Å². The largest absolute Gasteiger partial charge is 0.368 e. The van der Waals surface area contributed by atoms with E-state index in [9.17, 15) is 9.59 Å². The highest BCUT2D eigenvalue weighted by Crippen LogP contribution is 2.38. The molecule has 8 heteroatoms. The molecule has 1 aromatic heterocycles. The zero-order valence-corrected chi connectivity index (χ0v) is 20.2. The van der Waals surface area contributed by atoms with Gasteiger partial charge in [-0.15, -0.1) is 0 Å². The molecule has 2 aromatic carbocycles. The zero-order valence-electron chi connectivity index (χ0n) is 20.2. The number of likely N-dealkylation sites (N-methyl/N-ethyl adjacent to an activating group) is 1. The molecular formula is C27H33N5O3. The molecule has 184 valence electrons. The van der Waals surface area contributed by atoms with Crippen molar-refractivity contribution in [3.05, 3.63) is 77.0 Å². The molecule has 0 saturated heterocycles. The zero-order chi connectivity index (χ0) is 24.9. The third-order valence-electron chi connectivity index (χ3n) is 6.77. The van der Waals surface area contributed by atoms with Crippen molar-refractivity contribution in [2.24, 2.45) is 5.73 Å². The van der Waals surface area contributed by atoms with Crippen LogP contribution in [0.15, 0.2) is 54.7 Å². The van der Waals surface area contributed by atoms with Gasteiger partial charge in [0, 0.05) is 42.3 Å². The molecule has 1 unspecified atom stereocenters. The molecule has 1 heterocycles. The summed E-state index contributed by atoms with van der Waals surface area (Å²) in [5.74, 6) is -0.892. The second-order valence-corrected chi connectivity index (χ2v) is 9.35. The van der Waals surface area contributed by atoms with Crippen LogP contribution in [-0.4, -0.2) is 65.0 Å². The Hall–Kier alpha value is -3.46. The molecule has 5 N–H and O–H groups in total. The number of hydrogen-bond donors (Lipinski definition) is 4. The summed E-state index contributed by atoms with van der Waals surface area (Å²) in [7, 11) is 4.06. The molecule has 0 aliphatic heterocycles. The minimum Gasteiger partial charge on any atom is -0.368 e. The van der Waals surface area contributed by atoms with Crippen molar-refractivity contribution >= 4 is 28.8 Å². The lowest BCUT2D eigenvalue weighted by atomic mass is 9.98. The fraction of sp³-hybridized carbons (Fsp3) is 0.333. The first-order valence-electron chi connectivity index (χ1n) is 11.9. The topological polar surface area (TPSA) is 115 Å². The first-order chi connectivity index (χ1) is 16.9. The average Bonchev–Trinajstić information content (AvgIpc) is 3.45. The van der Waals surface area contributed by atoms with E-state index < -0.39 is 11.9 Å². The monoisotopic (exact) mass is 475 g/mol. The van der Waals surface area contributed by atoms with Crippen molar-refractivity contribution in [2.75, 3.05) is 27.2 Å². The summed E-state index contributed by atoms with van der Waals surface area (Å²) in [5.41, 5.74) is 13.0. The minimum absolute atomic E-state index is 0.0754. The molecule has 0 fully saturated rings. The Morgan fingerprint density at radius 1 is 1.23 bits per heavy atom. The third kappa shape index (κ3) is 5.62. The smallest absolute Gasteiger partial charge is 0.267 e. The number of aromatic nitrogens is 1. The van der Waals surface area contributed by atoms with Crippen molar-refractivity contribution < 1.29 is 14.8 Å². The highest BCUT2D eigenvalue weighted by Gasteiger charge is 2.35.